The third-order valence-corrected chi connectivity index (χ3v) is 8.72. The van der Waals surface area contributed by atoms with Gasteiger partial charge in [-0.3, -0.25) is 9.69 Å². The second-order valence-corrected chi connectivity index (χ2v) is 11.8. The Bertz CT molecular complexity index is 1230. The van der Waals surface area contributed by atoms with Crippen LogP contribution < -0.4 is 5.32 Å². The van der Waals surface area contributed by atoms with Crippen molar-refractivity contribution in [3.05, 3.63) is 75.8 Å². The summed E-state index contributed by atoms with van der Waals surface area (Å²) in [5.74, 6) is -0.0963. The van der Waals surface area contributed by atoms with Crippen molar-refractivity contribution in [1.29, 1.82) is 0 Å². The van der Waals surface area contributed by atoms with Crippen molar-refractivity contribution in [3.63, 3.8) is 0 Å². The first-order valence-corrected chi connectivity index (χ1v) is 13.7. The summed E-state index contributed by atoms with van der Waals surface area (Å²) in [7, 11) is -3.24. The predicted molar refractivity (Wildman–Crippen MR) is 132 cm³/mol. The molecular formula is C25H29N3O3S2. The number of sulfone groups is 1. The van der Waals surface area contributed by atoms with E-state index in [9.17, 15) is 13.2 Å². The maximum absolute atomic E-state index is 12.6. The van der Waals surface area contributed by atoms with Gasteiger partial charge in [0.15, 0.2) is 15.0 Å². The average Bonchev–Trinajstić information content (AvgIpc) is 3.31. The fraction of sp³-hybridized carbons (Fsp3) is 0.360. The van der Waals surface area contributed by atoms with Gasteiger partial charge < -0.3 is 5.32 Å². The van der Waals surface area contributed by atoms with Gasteiger partial charge in [0.05, 0.1) is 28.8 Å². The first-order chi connectivity index (χ1) is 15.8. The maximum Gasteiger partial charge on any atom is 0.230 e. The predicted octanol–water partition coefficient (Wildman–Crippen LogP) is 4.89. The number of carbonyl (C=O) groups excluding carboxylic acids is 1. The molecule has 174 valence electrons. The number of anilines is 1. The Labute approximate surface area is 199 Å². The van der Waals surface area contributed by atoms with Crippen LogP contribution in [0.3, 0.4) is 0 Å². The molecule has 0 spiro atoms. The summed E-state index contributed by atoms with van der Waals surface area (Å²) in [5.41, 5.74) is 4.39. The highest BCUT2D eigenvalue weighted by Crippen LogP contribution is 2.41. The standard InChI is InChI=1S/C25H29N3O3S2/c1-4-21-24-22(16-28(21)15-19-8-6-17(3)7-9-19)32-25(27-24)26-23(29)14-18-10-12-20(13-11-18)33(30,31)5-2/h6-13,21H,4-5,14-16H2,1-3H3,(H,26,27,29). The zero-order chi connectivity index (χ0) is 23.6. The van der Waals surface area contributed by atoms with Crippen LogP contribution in [-0.4, -0.2) is 30.0 Å². The van der Waals surface area contributed by atoms with Crippen molar-refractivity contribution in [1.82, 2.24) is 9.88 Å². The number of thiazole rings is 1. The summed E-state index contributed by atoms with van der Waals surface area (Å²) in [5, 5.41) is 3.55. The largest absolute Gasteiger partial charge is 0.302 e. The zero-order valence-corrected chi connectivity index (χ0v) is 20.8. The first kappa shape index (κ1) is 23.6. The van der Waals surface area contributed by atoms with Gasteiger partial charge in [-0.25, -0.2) is 13.4 Å². The van der Waals surface area contributed by atoms with Crippen molar-refractivity contribution in [2.75, 3.05) is 11.1 Å². The zero-order valence-electron chi connectivity index (χ0n) is 19.2. The van der Waals surface area contributed by atoms with E-state index in [0.29, 0.717) is 5.13 Å². The highest BCUT2D eigenvalue weighted by atomic mass is 32.2. The lowest BCUT2D eigenvalue weighted by atomic mass is 10.1. The molecule has 2 heterocycles. The minimum Gasteiger partial charge on any atom is -0.302 e. The van der Waals surface area contributed by atoms with E-state index >= 15 is 0 Å². The third-order valence-electron chi connectivity index (χ3n) is 6.00. The molecule has 0 radical (unpaired) electrons. The molecule has 33 heavy (non-hydrogen) atoms. The van der Waals surface area contributed by atoms with Gasteiger partial charge in [-0.2, -0.15) is 0 Å². The molecule has 1 aliphatic rings. The van der Waals surface area contributed by atoms with E-state index in [1.807, 2.05) is 0 Å². The number of hydrogen-bond donors (Lipinski definition) is 1. The van der Waals surface area contributed by atoms with Crippen LogP contribution in [0.2, 0.25) is 0 Å². The first-order valence-electron chi connectivity index (χ1n) is 11.2. The van der Waals surface area contributed by atoms with Crippen LogP contribution in [0.4, 0.5) is 5.13 Å². The molecule has 1 unspecified atom stereocenters. The van der Waals surface area contributed by atoms with E-state index in [4.69, 9.17) is 4.98 Å². The minimum absolute atomic E-state index is 0.0583. The van der Waals surface area contributed by atoms with Crippen LogP contribution in [0.5, 0.6) is 0 Å². The van der Waals surface area contributed by atoms with Crippen LogP contribution in [0.25, 0.3) is 0 Å². The number of carbonyl (C=O) groups is 1. The normalized spacial score (nSPS) is 16.0. The molecule has 0 saturated carbocycles. The maximum atomic E-state index is 12.6. The van der Waals surface area contributed by atoms with Crippen LogP contribution in [0, 0.1) is 6.92 Å². The van der Waals surface area contributed by atoms with Gasteiger partial charge in [0.2, 0.25) is 5.91 Å². The number of aryl methyl sites for hydroxylation is 1. The molecule has 8 heteroatoms. The van der Waals surface area contributed by atoms with Crippen LogP contribution in [0.1, 0.15) is 53.6 Å². The Kier molecular flexibility index (Phi) is 6.97. The summed E-state index contributed by atoms with van der Waals surface area (Å²) in [6.45, 7) is 7.60. The van der Waals surface area contributed by atoms with Gasteiger partial charge in [-0.1, -0.05) is 55.8 Å². The van der Waals surface area contributed by atoms with Crippen molar-refractivity contribution < 1.29 is 13.2 Å². The molecule has 1 N–H and O–H groups in total. The van der Waals surface area contributed by atoms with Gasteiger partial charge in [-0.15, -0.1) is 11.3 Å². The number of aromatic nitrogens is 1. The summed E-state index contributed by atoms with van der Waals surface area (Å²) in [6, 6.07) is 15.4. The second kappa shape index (κ2) is 9.75. The quantitative estimate of drug-likeness (QED) is 0.493. The van der Waals surface area contributed by atoms with E-state index in [0.717, 1.165) is 30.8 Å². The van der Waals surface area contributed by atoms with E-state index in [2.05, 4.69) is 48.3 Å². The minimum atomic E-state index is -3.24. The highest BCUT2D eigenvalue weighted by Gasteiger charge is 2.33. The number of amides is 1. The number of hydrogen-bond acceptors (Lipinski definition) is 6. The van der Waals surface area contributed by atoms with E-state index in [1.54, 1.807) is 42.5 Å². The molecule has 1 aromatic heterocycles. The van der Waals surface area contributed by atoms with E-state index < -0.39 is 9.84 Å². The van der Waals surface area contributed by atoms with Crippen molar-refractivity contribution in [3.8, 4) is 0 Å². The van der Waals surface area contributed by atoms with Crippen molar-refractivity contribution in [2.24, 2.45) is 0 Å². The molecule has 4 rings (SSSR count). The topological polar surface area (TPSA) is 79.4 Å². The molecule has 0 fully saturated rings. The summed E-state index contributed by atoms with van der Waals surface area (Å²) >= 11 is 1.54. The number of benzene rings is 2. The third kappa shape index (κ3) is 5.34. The smallest absolute Gasteiger partial charge is 0.230 e. The number of fused-ring (bicyclic) bond motifs is 1. The van der Waals surface area contributed by atoms with Gasteiger partial charge in [0.1, 0.15) is 0 Å². The molecule has 1 aliphatic heterocycles. The summed E-state index contributed by atoms with van der Waals surface area (Å²) in [6.07, 6.45) is 1.14. The molecule has 3 aromatic rings. The lowest BCUT2D eigenvalue weighted by Crippen LogP contribution is -2.22. The number of nitrogens with zero attached hydrogens (tertiary/aromatic N) is 2. The van der Waals surface area contributed by atoms with Crippen LogP contribution in [0.15, 0.2) is 53.4 Å². The molecule has 6 nitrogen and oxygen atoms in total. The van der Waals surface area contributed by atoms with E-state index in [-0.39, 0.29) is 29.0 Å². The molecular weight excluding hydrogens is 454 g/mol. The highest BCUT2D eigenvalue weighted by molar-refractivity contribution is 7.91. The van der Waals surface area contributed by atoms with Gasteiger partial charge >= 0.3 is 0 Å². The lowest BCUT2D eigenvalue weighted by molar-refractivity contribution is -0.115. The number of rotatable bonds is 8. The van der Waals surface area contributed by atoms with Crippen LogP contribution in [-0.2, 0) is 34.1 Å². The Morgan fingerprint density at radius 2 is 1.76 bits per heavy atom. The Balaban J connectivity index is 1.38. The van der Waals surface area contributed by atoms with Gasteiger partial charge in [0.25, 0.3) is 0 Å². The van der Waals surface area contributed by atoms with Crippen molar-refractivity contribution >= 4 is 32.2 Å². The van der Waals surface area contributed by atoms with Gasteiger partial charge in [0, 0.05) is 18.0 Å². The fourth-order valence-electron chi connectivity index (χ4n) is 4.13. The molecule has 2 aromatic carbocycles. The average molecular weight is 484 g/mol. The van der Waals surface area contributed by atoms with Gasteiger partial charge in [-0.05, 0) is 36.6 Å². The molecule has 0 aliphatic carbocycles. The molecule has 1 amide bonds. The lowest BCUT2D eigenvalue weighted by Gasteiger charge is -2.23. The fourth-order valence-corrected chi connectivity index (χ4v) is 6.08. The molecule has 0 saturated heterocycles. The molecule has 1 atom stereocenters. The summed E-state index contributed by atoms with van der Waals surface area (Å²) in [4.78, 5) is 21.2. The van der Waals surface area contributed by atoms with E-state index in [1.165, 1.54) is 16.0 Å². The Morgan fingerprint density at radius 1 is 1.09 bits per heavy atom. The SMILES string of the molecule is CCC1c2nc(NC(=O)Cc3ccc(S(=O)(=O)CC)cc3)sc2CN1Cc1ccc(C)cc1. The summed E-state index contributed by atoms with van der Waals surface area (Å²) < 4.78 is 23.9. The monoisotopic (exact) mass is 483 g/mol. The Morgan fingerprint density at radius 3 is 2.39 bits per heavy atom. The number of nitrogens with one attached hydrogen (secondary N) is 1. The van der Waals surface area contributed by atoms with Crippen molar-refractivity contribution in [2.45, 2.75) is 57.6 Å². The second-order valence-electron chi connectivity index (χ2n) is 8.41. The Hall–Kier alpha value is -2.55. The van der Waals surface area contributed by atoms with Crippen LogP contribution >= 0.6 is 11.3 Å². The molecule has 0 bridgehead atoms.